The first kappa shape index (κ1) is 61.1. The van der Waals surface area contributed by atoms with Crippen molar-refractivity contribution in [3.63, 3.8) is 0 Å². The summed E-state index contributed by atoms with van der Waals surface area (Å²) in [6, 6.07) is 22.1. The summed E-state index contributed by atoms with van der Waals surface area (Å²) in [4.78, 5) is 113. The number of hydrogen-bond donors (Lipinski definition) is 7. The van der Waals surface area contributed by atoms with E-state index in [1.165, 1.54) is 52.0 Å². The minimum absolute atomic E-state index is 0.00619. The van der Waals surface area contributed by atoms with Gasteiger partial charge in [0.05, 0.1) is 29.6 Å². The van der Waals surface area contributed by atoms with Crippen LogP contribution in [0.25, 0.3) is 0 Å². The van der Waals surface area contributed by atoms with E-state index in [-0.39, 0.29) is 60.1 Å². The normalized spacial score (nSPS) is 32.5. The van der Waals surface area contributed by atoms with Crippen LogP contribution in [0.1, 0.15) is 112 Å². The number of unbranched alkanes of at least 4 members (excludes halogenated alkanes) is 1. The van der Waals surface area contributed by atoms with Gasteiger partial charge in [-0.15, -0.1) is 0 Å². The lowest BCUT2D eigenvalue weighted by Crippen LogP contribution is -2.82. The first-order chi connectivity index (χ1) is 38.8. The van der Waals surface area contributed by atoms with Crippen molar-refractivity contribution in [3.05, 3.63) is 119 Å². The van der Waals surface area contributed by atoms with Gasteiger partial charge in [0.15, 0.2) is 23.8 Å². The number of aliphatic hydroxyl groups is 6. The Morgan fingerprint density at radius 3 is 1.93 bits per heavy atom. The smallest absolute Gasteiger partial charge is 0.350 e. The fourth-order valence-corrected chi connectivity index (χ4v) is 12.3. The molecule has 16 atom stereocenters. The second-order valence-electron chi connectivity index (χ2n) is 22.2. The van der Waals surface area contributed by atoms with E-state index in [4.69, 9.17) is 37.9 Å². The van der Waals surface area contributed by atoms with Gasteiger partial charge in [0.25, 0.3) is 5.91 Å². The number of rotatable bonds is 18. The average Bonchev–Trinajstić information content (AvgIpc) is 0.984. The second kappa shape index (κ2) is 24.5. The van der Waals surface area contributed by atoms with Crippen molar-refractivity contribution in [3.8, 4) is 0 Å². The monoisotopic (exact) mass is 1140 g/mol. The molecule has 2 aliphatic heterocycles. The van der Waals surface area contributed by atoms with Crippen molar-refractivity contribution in [2.24, 2.45) is 16.7 Å². The minimum Gasteiger partial charge on any atom is -0.463 e. The Morgan fingerprint density at radius 1 is 0.744 bits per heavy atom. The molecule has 0 aromatic heterocycles. The molecule has 2 saturated heterocycles. The molecule has 2 saturated carbocycles. The van der Waals surface area contributed by atoms with E-state index >= 15 is 9.59 Å². The molecule has 4 fully saturated rings. The fraction of sp³-hybridized carbons (Fsp3) is 0.525. The zero-order valence-corrected chi connectivity index (χ0v) is 46.0. The molecule has 23 heteroatoms. The van der Waals surface area contributed by atoms with Crippen LogP contribution in [0.3, 0.4) is 0 Å². The quantitative estimate of drug-likeness (QED) is 0.0415. The summed E-state index contributed by atoms with van der Waals surface area (Å²) in [5, 5.41) is 68.9. The van der Waals surface area contributed by atoms with E-state index in [1.54, 1.807) is 66.7 Å². The Hall–Kier alpha value is -6.96. The predicted molar refractivity (Wildman–Crippen MR) is 280 cm³/mol. The van der Waals surface area contributed by atoms with Crippen molar-refractivity contribution >= 4 is 47.5 Å². The molecule has 23 nitrogen and oxygen atoms in total. The van der Waals surface area contributed by atoms with Crippen molar-refractivity contribution in [1.82, 2.24) is 5.32 Å². The molecule has 3 aromatic rings. The van der Waals surface area contributed by atoms with Crippen LogP contribution >= 0.6 is 0 Å². The lowest BCUT2D eigenvalue weighted by molar-refractivity contribution is -0.346. The molecule has 82 heavy (non-hydrogen) atoms. The summed E-state index contributed by atoms with van der Waals surface area (Å²) in [5.74, 6) is -9.22. The summed E-state index contributed by atoms with van der Waals surface area (Å²) < 4.78 is 47.0. The van der Waals surface area contributed by atoms with Crippen LogP contribution < -0.4 is 5.32 Å². The molecule has 0 radical (unpaired) electrons. The minimum atomic E-state index is -2.53. The van der Waals surface area contributed by atoms with E-state index in [9.17, 15) is 59.4 Å². The van der Waals surface area contributed by atoms with Gasteiger partial charge >= 0.3 is 35.8 Å². The number of amides is 1. The predicted octanol–water partition coefficient (Wildman–Crippen LogP) is 2.19. The summed E-state index contributed by atoms with van der Waals surface area (Å²) in [6.45, 7) is 7.04. The first-order valence-electron chi connectivity index (χ1n) is 27.0. The molecule has 2 bridgehead atoms. The molecular weight excluding hydrogens is 1070 g/mol. The van der Waals surface area contributed by atoms with Crippen LogP contribution in [-0.2, 0) is 66.7 Å². The maximum Gasteiger partial charge on any atom is 0.350 e. The van der Waals surface area contributed by atoms with Crippen molar-refractivity contribution < 1.29 is 107 Å². The Kier molecular flexibility index (Phi) is 18.2. The summed E-state index contributed by atoms with van der Waals surface area (Å²) in [5.41, 5.74) is -7.96. The molecule has 0 spiro atoms. The van der Waals surface area contributed by atoms with E-state index < -0.39 is 168 Å². The molecule has 442 valence electrons. The number of fused-ring (bicyclic) bond motifs is 5. The van der Waals surface area contributed by atoms with Gasteiger partial charge in [-0.3, -0.25) is 28.8 Å². The highest BCUT2D eigenvalue weighted by Crippen LogP contribution is 2.64. The van der Waals surface area contributed by atoms with Crippen molar-refractivity contribution in [2.75, 3.05) is 13.2 Å². The standard InChI is InChI=1S/C59H69NO22/c1-30-36(27-59(74)51(81-53(71)35-22-14-9-15-23-35)49-57(6,38(63)26-39-58(49,29-76-39)82-32(3)62)50(69)47(77-31(2)61)42(30)56(59,4)5)78-55(73)48(43(33-18-10-7-11-19-33)60-52(70)34-20-12-8-13-21-34)80-41(65)25-17-16-24-40(64)75-28-37-44(66)45(67)46(68)54(72)79-37/h7-15,18-23,36-39,43-49,51,54,63,66-68,72,74H,16-17,24-29H2,1-6H3,(H,60,70)/t36-,37+,38-,39+,43-,44+,45-,46+,47+,48+,49-,51-,54-,57+,58-,59+/m0/s1. The van der Waals surface area contributed by atoms with Crippen molar-refractivity contribution in [1.29, 1.82) is 0 Å². The third kappa shape index (κ3) is 11.7. The van der Waals surface area contributed by atoms with Gasteiger partial charge in [-0.05, 0) is 67.7 Å². The summed E-state index contributed by atoms with van der Waals surface area (Å²) >= 11 is 0. The Bertz CT molecular complexity index is 2920. The van der Waals surface area contributed by atoms with E-state index in [1.807, 2.05) is 0 Å². The molecule has 7 N–H and O–H groups in total. The summed E-state index contributed by atoms with van der Waals surface area (Å²) in [6.07, 6.45) is -20.5. The highest BCUT2D eigenvalue weighted by molar-refractivity contribution is 5.96. The van der Waals surface area contributed by atoms with Gasteiger partial charge < -0.3 is 73.9 Å². The molecule has 3 aliphatic carbocycles. The third-order valence-electron chi connectivity index (χ3n) is 16.8. The highest BCUT2D eigenvalue weighted by Gasteiger charge is 2.78. The lowest BCUT2D eigenvalue weighted by atomic mass is 9.44. The number of ketones is 1. The fourth-order valence-electron chi connectivity index (χ4n) is 12.3. The van der Waals surface area contributed by atoms with Gasteiger partial charge in [0.1, 0.15) is 61.0 Å². The van der Waals surface area contributed by atoms with Crippen LogP contribution in [0.5, 0.6) is 0 Å². The first-order valence-corrected chi connectivity index (χ1v) is 27.0. The topological polar surface area (TPSA) is 344 Å². The lowest BCUT2D eigenvalue weighted by Gasteiger charge is -2.67. The van der Waals surface area contributed by atoms with Crippen LogP contribution in [0.15, 0.2) is 102 Å². The van der Waals surface area contributed by atoms with Gasteiger partial charge in [-0.25, -0.2) is 9.59 Å². The number of Topliss-reactive ketones (excluding diaryl/α,β-unsaturated/α-hetero) is 1. The molecule has 0 unspecified atom stereocenters. The van der Waals surface area contributed by atoms with Crippen LogP contribution in [0.2, 0.25) is 0 Å². The third-order valence-corrected chi connectivity index (χ3v) is 16.8. The molecule has 3 aromatic carbocycles. The molecule has 1 amide bonds. The maximum atomic E-state index is 15.8. The zero-order chi connectivity index (χ0) is 59.6. The highest BCUT2D eigenvalue weighted by atomic mass is 16.7. The zero-order valence-electron chi connectivity index (χ0n) is 46.0. The van der Waals surface area contributed by atoms with E-state index in [2.05, 4.69) is 5.32 Å². The molecule has 5 aliphatic rings. The molecule has 2 heterocycles. The number of carbonyl (C=O) groups excluding carboxylic acids is 8. The SMILES string of the molecule is CC(=O)O[C@H]1C(=O)[C@@]2(C)[C@H]([C@H](OC(=O)c3ccccc3)[C@]3(O)C[C@H](OC(=O)[C@H](OC(=O)CCCCC(=O)OC[C@H]4O[C@H](O)[C@H](O)[C@@H](O)[C@@H]4O)[C@@H](NC(=O)c4ccccc4)c4ccccc4)C(C)=C1C3(C)C)[C@]1(OC(C)=O)CO[C@@H]1C[C@@H]2O. The van der Waals surface area contributed by atoms with Gasteiger partial charge in [0, 0.05) is 50.5 Å². The van der Waals surface area contributed by atoms with Gasteiger partial charge in [-0.2, -0.15) is 0 Å². The number of carbonyl (C=O) groups is 8. The van der Waals surface area contributed by atoms with Gasteiger partial charge in [0.2, 0.25) is 6.10 Å². The molecule has 8 rings (SSSR count). The van der Waals surface area contributed by atoms with Crippen LogP contribution in [-0.4, -0.2) is 170 Å². The number of nitrogens with one attached hydrogen (secondary N) is 1. The number of aliphatic hydroxyl groups excluding tert-OH is 5. The Morgan fingerprint density at radius 2 is 1.34 bits per heavy atom. The maximum absolute atomic E-state index is 15.8. The van der Waals surface area contributed by atoms with Gasteiger partial charge in [-0.1, -0.05) is 80.6 Å². The second-order valence-corrected chi connectivity index (χ2v) is 22.2. The Labute approximate surface area is 471 Å². The number of esters is 6. The number of ether oxygens (including phenoxy) is 8. The van der Waals surface area contributed by atoms with E-state index in [0.717, 1.165) is 13.8 Å². The largest absolute Gasteiger partial charge is 0.463 e. The molecular formula is C59H69NO22. The number of hydrogen-bond acceptors (Lipinski definition) is 22. The summed E-state index contributed by atoms with van der Waals surface area (Å²) in [7, 11) is 0. The average molecular weight is 1140 g/mol. The van der Waals surface area contributed by atoms with Crippen LogP contribution in [0.4, 0.5) is 0 Å². The van der Waals surface area contributed by atoms with E-state index in [0.29, 0.717) is 0 Å². The van der Waals surface area contributed by atoms with Crippen molar-refractivity contribution in [2.45, 2.75) is 165 Å². The Balaban J connectivity index is 1.17. The van der Waals surface area contributed by atoms with Crippen LogP contribution in [0, 0.1) is 16.7 Å². The number of benzene rings is 3.